The number of hydrogen-bond donors (Lipinski definition) is 0. The van der Waals surface area contributed by atoms with E-state index in [1.165, 1.54) is 21.7 Å². The number of fused-ring (bicyclic) bond motifs is 1. The molecule has 4 heterocycles. The number of carbonyl (C=O) groups is 1. The molecule has 1 aromatic carbocycles. The Morgan fingerprint density at radius 2 is 2.03 bits per heavy atom. The summed E-state index contributed by atoms with van der Waals surface area (Å²) in [6.07, 6.45) is 4.43. The molecule has 0 radical (unpaired) electrons. The summed E-state index contributed by atoms with van der Waals surface area (Å²) in [6, 6.07) is 10.6. The number of aromatic nitrogens is 3. The largest absolute Gasteiger partial charge is 0.497 e. The summed E-state index contributed by atoms with van der Waals surface area (Å²) in [4.78, 5) is 20.2. The summed E-state index contributed by atoms with van der Waals surface area (Å²) < 4.78 is 36.1. The van der Waals surface area contributed by atoms with Gasteiger partial charge >= 0.3 is 0 Å². The Balaban J connectivity index is 1.34. The maximum Gasteiger partial charge on any atom is 0.252 e. The third-order valence-corrected chi connectivity index (χ3v) is 10.8. The number of hydrogen-bond acceptors (Lipinski definition) is 8. The van der Waals surface area contributed by atoms with E-state index in [2.05, 4.69) is 5.10 Å². The topological polar surface area (TPSA) is 97.6 Å². The average molecular weight is 566 g/mol. The van der Waals surface area contributed by atoms with Crippen molar-refractivity contribution < 1.29 is 17.9 Å². The van der Waals surface area contributed by atoms with E-state index in [9.17, 15) is 13.2 Å². The molecule has 1 fully saturated rings. The van der Waals surface area contributed by atoms with Gasteiger partial charge in [0.05, 0.1) is 28.2 Å². The van der Waals surface area contributed by atoms with E-state index < -0.39 is 10.0 Å². The summed E-state index contributed by atoms with van der Waals surface area (Å²) in [6.45, 7) is 1.48. The molecule has 1 saturated heterocycles. The van der Waals surface area contributed by atoms with Crippen molar-refractivity contribution in [2.75, 3.05) is 31.6 Å². The SMILES string of the molecule is COc1ccc2nc(N(CCn3cccn3)C(=O)C3CCN(S(=O)(=O)c4ccc(Cl)s4)CC3)sc2c1. The predicted octanol–water partition coefficient (Wildman–Crippen LogP) is 4.35. The van der Waals surface area contributed by atoms with Crippen LogP contribution in [0.2, 0.25) is 4.34 Å². The first-order chi connectivity index (χ1) is 17.3. The number of anilines is 1. The van der Waals surface area contributed by atoms with Crippen LogP contribution in [0, 0.1) is 5.92 Å². The van der Waals surface area contributed by atoms with Crippen LogP contribution in [0.1, 0.15) is 12.8 Å². The summed E-state index contributed by atoms with van der Waals surface area (Å²) in [5, 5.41) is 4.86. The lowest BCUT2D eigenvalue weighted by molar-refractivity contribution is -0.123. The molecule has 0 saturated carbocycles. The zero-order valence-corrected chi connectivity index (χ0v) is 22.6. The van der Waals surface area contributed by atoms with Gasteiger partial charge in [-0.15, -0.1) is 11.3 Å². The minimum Gasteiger partial charge on any atom is -0.497 e. The van der Waals surface area contributed by atoms with Crippen LogP contribution >= 0.6 is 34.3 Å². The molecule has 0 aliphatic carbocycles. The van der Waals surface area contributed by atoms with Crippen molar-refractivity contribution in [3.63, 3.8) is 0 Å². The first kappa shape index (κ1) is 25.2. The smallest absolute Gasteiger partial charge is 0.252 e. The van der Waals surface area contributed by atoms with E-state index in [0.29, 0.717) is 35.4 Å². The fourth-order valence-electron chi connectivity index (χ4n) is 4.20. The molecule has 36 heavy (non-hydrogen) atoms. The second-order valence-electron chi connectivity index (χ2n) is 8.33. The van der Waals surface area contributed by atoms with Crippen LogP contribution in [-0.2, 0) is 21.4 Å². The Labute approximate surface area is 221 Å². The first-order valence-corrected chi connectivity index (χ1v) is 14.8. The molecule has 9 nitrogen and oxygen atoms in total. The fourth-order valence-corrected chi connectivity index (χ4v) is 8.33. The van der Waals surface area contributed by atoms with Gasteiger partial charge in [0, 0.05) is 37.9 Å². The maximum absolute atomic E-state index is 13.7. The molecule has 1 aliphatic heterocycles. The van der Waals surface area contributed by atoms with E-state index in [1.807, 2.05) is 30.5 Å². The first-order valence-electron chi connectivity index (χ1n) is 11.3. The Morgan fingerprint density at radius 3 is 2.69 bits per heavy atom. The highest BCUT2D eigenvalue weighted by atomic mass is 35.5. The number of methoxy groups -OCH3 is 1. The minimum absolute atomic E-state index is 0.0515. The van der Waals surface area contributed by atoms with Crippen molar-refractivity contribution in [2.45, 2.75) is 23.6 Å². The number of nitrogens with zero attached hydrogens (tertiary/aromatic N) is 5. The number of sulfonamides is 1. The normalized spacial score (nSPS) is 15.4. The molecular weight excluding hydrogens is 542 g/mol. The summed E-state index contributed by atoms with van der Waals surface area (Å²) >= 11 is 8.42. The van der Waals surface area contributed by atoms with Crippen LogP contribution in [0.4, 0.5) is 5.13 Å². The Hall–Kier alpha value is -2.51. The van der Waals surface area contributed by atoms with Crippen LogP contribution in [0.15, 0.2) is 53.0 Å². The molecule has 5 rings (SSSR count). The van der Waals surface area contributed by atoms with E-state index in [0.717, 1.165) is 27.3 Å². The Morgan fingerprint density at radius 1 is 1.22 bits per heavy atom. The second kappa shape index (κ2) is 10.5. The van der Waals surface area contributed by atoms with E-state index in [-0.39, 0.29) is 29.1 Å². The number of rotatable bonds is 8. The summed E-state index contributed by atoms with van der Waals surface area (Å²) in [7, 11) is -2.00. The van der Waals surface area contributed by atoms with Crippen LogP contribution in [0.5, 0.6) is 5.75 Å². The molecular formula is C23H24ClN5O4S3. The van der Waals surface area contributed by atoms with Gasteiger partial charge in [-0.1, -0.05) is 22.9 Å². The van der Waals surface area contributed by atoms with Gasteiger partial charge in [0.2, 0.25) is 5.91 Å². The monoisotopic (exact) mass is 565 g/mol. The van der Waals surface area contributed by atoms with Crippen LogP contribution in [0.3, 0.4) is 0 Å². The molecule has 0 bridgehead atoms. The predicted molar refractivity (Wildman–Crippen MR) is 142 cm³/mol. The van der Waals surface area contributed by atoms with Gasteiger partial charge in [0.25, 0.3) is 10.0 Å². The van der Waals surface area contributed by atoms with E-state index in [4.69, 9.17) is 21.3 Å². The van der Waals surface area contributed by atoms with Crippen molar-refractivity contribution >= 4 is 65.6 Å². The molecule has 3 aromatic heterocycles. The van der Waals surface area contributed by atoms with Crippen molar-refractivity contribution in [3.8, 4) is 5.75 Å². The zero-order valence-electron chi connectivity index (χ0n) is 19.4. The van der Waals surface area contributed by atoms with Crippen molar-refractivity contribution in [1.29, 1.82) is 0 Å². The van der Waals surface area contributed by atoms with Gasteiger partial charge in [0.1, 0.15) is 9.96 Å². The number of thiazole rings is 1. The quantitative estimate of drug-likeness (QED) is 0.315. The van der Waals surface area contributed by atoms with Gasteiger partial charge in [0.15, 0.2) is 5.13 Å². The number of halogens is 1. The second-order valence-corrected chi connectivity index (χ2v) is 13.2. The molecule has 190 valence electrons. The average Bonchev–Trinajstić information content (AvgIpc) is 3.65. The molecule has 0 atom stereocenters. The summed E-state index contributed by atoms with van der Waals surface area (Å²) in [5.41, 5.74) is 0.795. The lowest BCUT2D eigenvalue weighted by atomic mass is 9.96. The third-order valence-electron chi connectivity index (χ3n) is 6.14. The molecule has 0 spiro atoms. The van der Waals surface area contributed by atoms with Crippen LogP contribution in [-0.4, -0.2) is 60.1 Å². The zero-order chi connectivity index (χ0) is 25.3. The number of piperidine rings is 1. The Kier molecular flexibility index (Phi) is 7.31. The van der Waals surface area contributed by atoms with Crippen LogP contribution in [0.25, 0.3) is 10.2 Å². The number of thiophene rings is 1. The highest BCUT2D eigenvalue weighted by Gasteiger charge is 2.35. The van der Waals surface area contributed by atoms with Crippen molar-refractivity contribution in [3.05, 3.63) is 53.1 Å². The minimum atomic E-state index is -3.62. The lowest BCUT2D eigenvalue weighted by Gasteiger charge is -2.32. The lowest BCUT2D eigenvalue weighted by Crippen LogP contribution is -2.45. The van der Waals surface area contributed by atoms with Gasteiger partial charge in [-0.25, -0.2) is 13.4 Å². The fraction of sp³-hybridized carbons (Fsp3) is 0.348. The van der Waals surface area contributed by atoms with Gasteiger partial charge < -0.3 is 4.74 Å². The summed E-state index contributed by atoms with van der Waals surface area (Å²) in [5.74, 6) is 0.375. The van der Waals surface area contributed by atoms with Gasteiger partial charge in [-0.3, -0.25) is 14.4 Å². The van der Waals surface area contributed by atoms with Gasteiger partial charge in [-0.05, 0) is 49.2 Å². The van der Waals surface area contributed by atoms with E-state index in [1.54, 1.807) is 29.0 Å². The molecule has 0 N–H and O–H groups in total. The number of amides is 1. The Bertz CT molecular complexity index is 1460. The molecule has 0 unspecified atom stereocenters. The number of benzene rings is 1. The van der Waals surface area contributed by atoms with Crippen molar-refractivity contribution in [1.82, 2.24) is 19.1 Å². The highest BCUT2D eigenvalue weighted by Crippen LogP contribution is 2.34. The molecule has 1 aliphatic rings. The molecule has 4 aromatic rings. The highest BCUT2D eigenvalue weighted by molar-refractivity contribution is 7.91. The third kappa shape index (κ3) is 5.14. The number of ether oxygens (including phenoxy) is 1. The number of carbonyl (C=O) groups excluding carboxylic acids is 1. The van der Waals surface area contributed by atoms with Crippen LogP contribution < -0.4 is 9.64 Å². The van der Waals surface area contributed by atoms with Gasteiger partial charge in [-0.2, -0.15) is 9.40 Å². The van der Waals surface area contributed by atoms with Crippen molar-refractivity contribution in [2.24, 2.45) is 5.92 Å². The molecule has 1 amide bonds. The standard InChI is InChI=1S/C23H24ClN5O4S3/c1-33-17-3-4-18-19(15-17)34-23(26-18)29(14-13-27-10-2-9-25-27)22(30)16-7-11-28(12-8-16)36(31,32)21-6-5-20(24)35-21/h2-6,9-10,15-16H,7-8,11-14H2,1H3. The molecule has 13 heteroatoms. The maximum atomic E-state index is 13.7. The van der Waals surface area contributed by atoms with E-state index >= 15 is 0 Å².